The molecule has 0 saturated carbocycles. The molecule has 0 N–H and O–H groups in total. The number of hydrogen-bond acceptors (Lipinski definition) is 1. The maximum absolute atomic E-state index is 6.12. The van der Waals surface area contributed by atoms with Crippen molar-refractivity contribution < 1.29 is 4.74 Å². The fourth-order valence-electron chi connectivity index (χ4n) is 2.15. The molecule has 0 aliphatic carbocycles. The van der Waals surface area contributed by atoms with Crippen molar-refractivity contribution in [2.24, 2.45) is 0 Å². The molecule has 84 valence electrons. The van der Waals surface area contributed by atoms with Crippen LogP contribution in [0.3, 0.4) is 0 Å². The van der Waals surface area contributed by atoms with Crippen LogP contribution >= 0.6 is 0 Å². The van der Waals surface area contributed by atoms with Gasteiger partial charge in [-0.05, 0) is 24.6 Å². The molecule has 0 spiro atoms. The molecule has 2 aromatic carbocycles. The summed E-state index contributed by atoms with van der Waals surface area (Å²) in [7, 11) is 0. The van der Waals surface area contributed by atoms with E-state index in [4.69, 9.17) is 4.74 Å². The predicted molar refractivity (Wildman–Crippen MR) is 69.9 cm³/mol. The Morgan fingerprint density at radius 2 is 1.59 bits per heavy atom. The van der Waals surface area contributed by atoms with E-state index in [2.05, 4.69) is 37.3 Å². The number of para-hydroxylation sites is 1. The molecule has 0 bridgehead atoms. The van der Waals surface area contributed by atoms with Crippen molar-refractivity contribution in [2.75, 3.05) is 0 Å². The van der Waals surface area contributed by atoms with E-state index in [0.717, 1.165) is 11.3 Å². The summed E-state index contributed by atoms with van der Waals surface area (Å²) in [6.45, 7) is 2.09. The van der Waals surface area contributed by atoms with Gasteiger partial charge in [0.2, 0.25) is 0 Å². The fourth-order valence-corrected chi connectivity index (χ4v) is 2.15. The highest BCUT2D eigenvalue weighted by molar-refractivity contribution is 5.61. The molecule has 0 amide bonds. The van der Waals surface area contributed by atoms with Gasteiger partial charge in [0.1, 0.15) is 11.4 Å². The predicted octanol–water partition coefficient (Wildman–Crippen LogP) is 4.01. The van der Waals surface area contributed by atoms with Crippen molar-refractivity contribution in [2.45, 2.75) is 12.5 Å². The molecular weight excluding hydrogens is 208 g/mol. The Bertz CT molecular complexity index is 557. The van der Waals surface area contributed by atoms with E-state index in [-0.39, 0.29) is 5.60 Å². The van der Waals surface area contributed by atoms with Crippen LogP contribution in [0.25, 0.3) is 6.08 Å². The maximum Gasteiger partial charge on any atom is 0.150 e. The molecule has 1 heterocycles. The van der Waals surface area contributed by atoms with Gasteiger partial charge in [-0.1, -0.05) is 54.6 Å². The Kier molecular flexibility index (Phi) is 2.25. The Hall–Kier alpha value is -2.02. The van der Waals surface area contributed by atoms with Crippen LogP contribution in [0.5, 0.6) is 5.75 Å². The molecule has 17 heavy (non-hydrogen) atoms. The molecule has 1 aliphatic heterocycles. The number of ether oxygens (including phenoxy) is 1. The highest BCUT2D eigenvalue weighted by Crippen LogP contribution is 2.36. The summed E-state index contributed by atoms with van der Waals surface area (Å²) in [6.07, 6.45) is 4.25. The Morgan fingerprint density at radius 3 is 2.41 bits per heavy atom. The van der Waals surface area contributed by atoms with Gasteiger partial charge in [-0.25, -0.2) is 0 Å². The van der Waals surface area contributed by atoms with Crippen LogP contribution in [-0.2, 0) is 5.60 Å². The zero-order chi connectivity index (χ0) is 11.7. The molecule has 1 aliphatic rings. The number of fused-ring (bicyclic) bond motifs is 1. The molecule has 1 unspecified atom stereocenters. The number of hydrogen-bond donors (Lipinski definition) is 0. The molecular formula is C16H14O. The van der Waals surface area contributed by atoms with Crippen molar-refractivity contribution in [3.05, 3.63) is 71.8 Å². The number of benzene rings is 2. The van der Waals surface area contributed by atoms with E-state index in [1.54, 1.807) is 0 Å². The Morgan fingerprint density at radius 1 is 0.882 bits per heavy atom. The third-order valence-corrected chi connectivity index (χ3v) is 3.17. The topological polar surface area (TPSA) is 9.23 Å². The fraction of sp³-hybridized carbons (Fsp3) is 0.125. The molecule has 1 heteroatoms. The first kappa shape index (κ1) is 10.2. The van der Waals surface area contributed by atoms with Crippen molar-refractivity contribution in [3.63, 3.8) is 0 Å². The third-order valence-electron chi connectivity index (χ3n) is 3.17. The largest absolute Gasteiger partial charge is 0.478 e. The van der Waals surface area contributed by atoms with E-state index in [1.807, 2.05) is 36.4 Å². The van der Waals surface area contributed by atoms with Crippen LogP contribution in [0.1, 0.15) is 18.1 Å². The third kappa shape index (κ3) is 1.74. The zero-order valence-corrected chi connectivity index (χ0v) is 9.76. The molecule has 3 rings (SSSR count). The van der Waals surface area contributed by atoms with Gasteiger partial charge in [0.25, 0.3) is 0 Å². The second-order valence-electron chi connectivity index (χ2n) is 4.45. The van der Waals surface area contributed by atoms with E-state index < -0.39 is 0 Å². The molecule has 0 radical (unpaired) electrons. The normalized spacial score (nSPS) is 21.7. The van der Waals surface area contributed by atoms with Crippen molar-refractivity contribution in [1.29, 1.82) is 0 Å². The average molecular weight is 222 g/mol. The van der Waals surface area contributed by atoms with Crippen LogP contribution in [0.15, 0.2) is 60.7 Å². The van der Waals surface area contributed by atoms with E-state index >= 15 is 0 Å². The smallest absolute Gasteiger partial charge is 0.150 e. The van der Waals surface area contributed by atoms with Gasteiger partial charge in [-0.15, -0.1) is 0 Å². The minimum Gasteiger partial charge on any atom is -0.478 e. The minimum atomic E-state index is -0.365. The molecule has 0 aromatic heterocycles. The summed E-state index contributed by atoms with van der Waals surface area (Å²) in [6, 6.07) is 18.4. The van der Waals surface area contributed by atoms with Crippen LogP contribution in [0.4, 0.5) is 0 Å². The van der Waals surface area contributed by atoms with Gasteiger partial charge in [-0.3, -0.25) is 0 Å². The van der Waals surface area contributed by atoms with E-state index in [0.29, 0.717) is 0 Å². The second kappa shape index (κ2) is 3.77. The van der Waals surface area contributed by atoms with Gasteiger partial charge in [0, 0.05) is 5.56 Å². The first-order valence-corrected chi connectivity index (χ1v) is 5.81. The Balaban J connectivity index is 2.04. The van der Waals surface area contributed by atoms with Crippen LogP contribution in [-0.4, -0.2) is 0 Å². The van der Waals surface area contributed by atoms with Gasteiger partial charge >= 0.3 is 0 Å². The maximum atomic E-state index is 6.12. The lowest BCUT2D eigenvalue weighted by molar-refractivity contribution is 0.138. The van der Waals surface area contributed by atoms with Crippen LogP contribution < -0.4 is 4.74 Å². The zero-order valence-electron chi connectivity index (χ0n) is 9.76. The summed E-state index contributed by atoms with van der Waals surface area (Å²) < 4.78 is 6.12. The standard InChI is InChI=1S/C16H14O/c1-16(14-8-3-2-4-9-14)12-11-13-7-5-6-10-15(13)17-16/h2-12H,1H3. The van der Waals surface area contributed by atoms with Crippen molar-refractivity contribution in [1.82, 2.24) is 0 Å². The van der Waals surface area contributed by atoms with Gasteiger partial charge < -0.3 is 4.74 Å². The Labute approximate surface area is 101 Å². The summed E-state index contributed by atoms with van der Waals surface area (Å²) in [5.74, 6) is 0.946. The summed E-state index contributed by atoms with van der Waals surface area (Å²) >= 11 is 0. The SMILES string of the molecule is CC1(c2ccccc2)C=Cc2ccccc2O1. The lowest BCUT2D eigenvalue weighted by Crippen LogP contribution is -2.28. The molecule has 1 nitrogen and oxygen atoms in total. The lowest BCUT2D eigenvalue weighted by atomic mass is 9.92. The molecule has 0 fully saturated rings. The van der Waals surface area contributed by atoms with Gasteiger partial charge in [0.05, 0.1) is 0 Å². The van der Waals surface area contributed by atoms with Gasteiger partial charge in [-0.2, -0.15) is 0 Å². The van der Waals surface area contributed by atoms with E-state index in [9.17, 15) is 0 Å². The molecule has 0 saturated heterocycles. The van der Waals surface area contributed by atoms with Crippen LogP contribution in [0.2, 0.25) is 0 Å². The van der Waals surface area contributed by atoms with Crippen molar-refractivity contribution >= 4 is 6.08 Å². The second-order valence-corrected chi connectivity index (χ2v) is 4.45. The minimum absolute atomic E-state index is 0.365. The van der Waals surface area contributed by atoms with E-state index in [1.165, 1.54) is 5.56 Å². The first-order chi connectivity index (χ1) is 8.28. The van der Waals surface area contributed by atoms with Gasteiger partial charge in [0.15, 0.2) is 0 Å². The summed E-state index contributed by atoms with van der Waals surface area (Å²) in [5, 5.41) is 0. The highest BCUT2D eigenvalue weighted by Gasteiger charge is 2.28. The molecule has 2 aromatic rings. The summed E-state index contributed by atoms with van der Waals surface area (Å²) in [4.78, 5) is 0. The monoisotopic (exact) mass is 222 g/mol. The number of rotatable bonds is 1. The first-order valence-electron chi connectivity index (χ1n) is 5.81. The van der Waals surface area contributed by atoms with Crippen LogP contribution in [0, 0.1) is 0 Å². The lowest BCUT2D eigenvalue weighted by Gasteiger charge is -2.32. The average Bonchev–Trinajstić information content (AvgIpc) is 2.40. The van der Waals surface area contributed by atoms with Crippen molar-refractivity contribution in [3.8, 4) is 5.75 Å². The summed E-state index contributed by atoms with van der Waals surface area (Å²) in [5.41, 5.74) is 1.95. The molecule has 1 atom stereocenters. The quantitative estimate of drug-likeness (QED) is 0.708. The highest BCUT2D eigenvalue weighted by atomic mass is 16.5.